The third kappa shape index (κ3) is 3.70. The summed E-state index contributed by atoms with van der Waals surface area (Å²) in [5, 5.41) is 18.0. The van der Waals surface area contributed by atoms with Crippen LogP contribution < -0.4 is 5.32 Å². The molecular weight excluding hydrogens is 407 g/mol. The Bertz CT molecular complexity index is 885. The number of likely N-dealkylation sites (tertiary alicyclic amines) is 1. The second-order valence-electron chi connectivity index (χ2n) is 7.30. The van der Waals surface area contributed by atoms with Gasteiger partial charge in [-0.15, -0.1) is 0 Å². The lowest BCUT2D eigenvalue weighted by molar-refractivity contribution is -0.0369. The van der Waals surface area contributed by atoms with Crippen molar-refractivity contribution in [3.63, 3.8) is 0 Å². The minimum Gasteiger partial charge on any atom is -0.465 e. The van der Waals surface area contributed by atoms with Crippen LogP contribution in [0.2, 0.25) is 10.4 Å². The molecule has 9 nitrogen and oxygen atoms in total. The number of hydrogen-bond donors (Lipinski definition) is 2. The summed E-state index contributed by atoms with van der Waals surface area (Å²) in [4.78, 5) is 21.5. The standard InChI is InChI=1S/C17H22Cl2N6O3/c1-9-5-6-10(8-24(9)17(26)27)20-14-12-13(18)23-25(11-4-2-3-7-28-11)15(12)22-16(19)21-14/h9-11H,2-8H2,1H3,(H,26,27)(H,20,21,22)/t9-,10+,11?/m0/s1. The van der Waals surface area contributed by atoms with Crippen LogP contribution in [0.3, 0.4) is 0 Å². The minimum absolute atomic E-state index is 0.0145. The predicted octanol–water partition coefficient (Wildman–Crippen LogP) is 3.78. The fourth-order valence-electron chi connectivity index (χ4n) is 3.88. The topological polar surface area (TPSA) is 105 Å². The first kappa shape index (κ1) is 19.5. The Hall–Kier alpha value is -1.84. The van der Waals surface area contributed by atoms with E-state index in [0.29, 0.717) is 30.0 Å². The third-order valence-electron chi connectivity index (χ3n) is 5.38. The lowest BCUT2D eigenvalue weighted by atomic mass is 10.00. The summed E-state index contributed by atoms with van der Waals surface area (Å²) in [6.45, 7) is 2.94. The molecule has 4 rings (SSSR count). The van der Waals surface area contributed by atoms with E-state index in [1.807, 2.05) is 6.92 Å². The molecular formula is C17H22Cl2N6O3. The van der Waals surface area contributed by atoms with E-state index in [0.717, 1.165) is 32.1 Å². The van der Waals surface area contributed by atoms with Crippen LogP contribution in [0.1, 0.15) is 45.3 Å². The van der Waals surface area contributed by atoms with Gasteiger partial charge in [0.05, 0.1) is 0 Å². The van der Waals surface area contributed by atoms with Crippen molar-refractivity contribution < 1.29 is 14.6 Å². The van der Waals surface area contributed by atoms with E-state index in [1.165, 1.54) is 4.90 Å². The summed E-state index contributed by atoms with van der Waals surface area (Å²) in [6.07, 6.45) is 3.29. The average Bonchev–Trinajstić information content (AvgIpc) is 3.00. The number of aromatic nitrogens is 4. The lowest BCUT2D eigenvalue weighted by Gasteiger charge is -2.36. The fraction of sp³-hybridized carbons (Fsp3) is 0.647. The van der Waals surface area contributed by atoms with E-state index in [4.69, 9.17) is 27.9 Å². The van der Waals surface area contributed by atoms with Gasteiger partial charge in [-0.25, -0.2) is 9.48 Å². The van der Waals surface area contributed by atoms with Crippen molar-refractivity contribution in [1.82, 2.24) is 24.6 Å². The van der Waals surface area contributed by atoms with Crippen LogP contribution in [0.25, 0.3) is 11.0 Å². The van der Waals surface area contributed by atoms with Gasteiger partial charge in [0.1, 0.15) is 11.2 Å². The number of nitrogens with one attached hydrogen (secondary N) is 1. The molecule has 2 aliphatic rings. The summed E-state index contributed by atoms with van der Waals surface area (Å²) in [7, 11) is 0. The number of nitrogens with zero attached hydrogens (tertiary/aromatic N) is 5. The molecule has 0 saturated carbocycles. The molecule has 2 aromatic heterocycles. The van der Waals surface area contributed by atoms with E-state index in [9.17, 15) is 9.90 Å². The predicted molar refractivity (Wildman–Crippen MR) is 105 cm³/mol. The number of carbonyl (C=O) groups is 1. The highest BCUT2D eigenvalue weighted by molar-refractivity contribution is 6.35. The zero-order chi connectivity index (χ0) is 19.8. The molecule has 1 unspecified atom stereocenters. The Morgan fingerprint density at radius 3 is 2.79 bits per heavy atom. The molecule has 0 bridgehead atoms. The van der Waals surface area contributed by atoms with Crippen molar-refractivity contribution in [2.75, 3.05) is 18.5 Å². The van der Waals surface area contributed by atoms with Crippen molar-refractivity contribution in [2.24, 2.45) is 0 Å². The molecule has 28 heavy (non-hydrogen) atoms. The monoisotopic (exact) mass is 428 g/mol. The zero-order valence-electron chi connectivity index (χ0n) is 15.4. The van der Waals surface area contributed by atoms with Crippen molar-refractivity contribution in [2.45, 2.75) is 57.3 Å². The number of amides is 1. The van der Waals surface area contributed by atoms with Gasteiger partial charge in [-0.3, -0.25) is 0 Å². The lowest BCUT2D eigenvalue weighted by Crippen LogP contribution is -2.49. The average molecular weight is 429 g/mol. The molecule has 0 aromatic carbocycles. The Balaban J connectivity index is 1.66. The van der Waals surface area contributed by atoms with E-state index < -0.39 is 6.09 Å². The zero-order valence-corrected chi connectivity index (χ0v) is 16.9. The Morgan fingerprint density at radius 2 is 2.07 bits per heavy atom. The van der Waals surface area contributed by atoms with E-state index in [1.54, 1.807) is 4.68 Å². The van der Waals surface area contributed by atoms with Crippen LogP contribution in [0.5, 0.6) is 0 Å². The maximum Gasteiger partial charge on any atom is 0.407 e. The maximum absolute atomic E-state index is 11.5. The van der Waals surface area contributed by atoms with Crippen molar-refractivity contribution >= 4 is 46.1 Å². The third-order valence-corrected chi connectivity index (χ3v) is 5.81. The Kier molecular flexibility index (Phi) is 5.48. The summed E-state index contributed by atoms with van der Waals surface area (Å²) >= 11 is 12.6. The van der Waals surface area contributed by atoms with Crippen molar-refractivity contribution in [3.05, 3.63) is 10.4 Å². The molecule has 2 fully saturated rings. The molecule has 2 aromatic rings. The number of anilines is 1. The highest BCUT2D eigenvalue weighted by atomic mass is 35.5. The van der Waals surface area contributed by atoms with Crippen LogP contribution in [0, 0.1) is 0 Å². The van der Waals surface area contributed by atoms with Gasteiger partial charge in [0, 0.05) is 25.2 Å². The second-order valence-corrected chi connectivity index (χ2v) is 8.00. The van der Waals surface area contributed by atoms with Gasteiger partial charge in [-0.1, -0.05) is 11.6 Å². The fourth-order valence-corrected chi connectivity index (χ4v) is 4.30. The maximum atomic E-state index is 11.5. The number of fused-ring (bicyclic) bond motifs is 1. The summed E-state index contributed by atoms with van der Waals surface area (Å²) in [6, 6.07) is -0.119. The van der Waals surface area contributed by atoms with Gasteiger partial charge < -0.3 is 20.1 Å². The van der Waals surface area contributed by atoms with Gasteiger partial charge in [0.2, 0.25) is 5.28 Å². The van der Waals surface area contributed by atoms with E-state index >= 15 is 0 Å². The first-order chi connectivity index (χ1) is 13.4. The van der Waals surface area contributed by atoms with Gasteiger partial charge in [0.15, 0.2) is 17.0 Å². The van der Waals surface area contributed by atoms with Crippen LogP contribution in [-0.4, -0.2) is 61.1 Å². The first-order valence-corrected chi connectivity index (χ1v) is 10.2. The van der Waals surface area contributed by atoms with E-state index in [-0.39, 0.29) is 28.7 Å². The molecule has 0 radical (unpaired) electrons. The molecule has 4 heterocycles. The largest absolute Gasteiger partial charge is 0.465 e. The van der Waals surface area contributed by atoms with E-state index in [2.05, 4.69) is 20.4 Å². The quantitative estimate of drug-likeness (QED) is 0.716. The number of piperidine rings is 1. The normalized spacial score (nSPS) is 25.8. The van der Waals surface area contributed by atoms with Crippen LogP contribution in [0.4, 0.5) is 10.6 Å². The van der Waals surface area contributed by atoms with Gasteiger partial charge >= 0.3 is 6.09 Å². The second kappa shape index (κ2) is 7.88. The molecule has 3 atom stereocenters. The smallest absolute Gasteiger partial charge is 0.407 e. The van der Waals surface area contributed by atoms with Crippen LogP contribution in [0.15, 0.2) is 0 Å². The number of carboxylic acid groups (broad SMARTS) is 1. The number of hydrogen-bond acceptors (Lipinski definition) is 6. The molecule has 2 aliphatic heterocycles. The van der Waals surface area contributed by atoms with Crippen LogP contribution in [-0.2, 0) is 4.74 Å². The molecule has 11 heteroatoms. The summed E-state index contributed by atoms with van der Waals surface area (Å²) in [5.41, 5.74) is 0.513. The SMILES string of the molecule is C[C@H]1CC[C@@H](Nc2nc(Cl)nc3c2c(Cl)nn3C2CCCCO2)CN1C(=O)O. The summed E-state index contributed by atoms with van der Waals surface area (Å²) in [5.74, 6) is 0.465. The number of ether oxygens (including phenoxy) is 1. The van der Waals surface area contributed by atoms with Crippen molar-refractivity contribution in [3.8, 4) is 0 Å². The molecule has 0 aliphatic carbocycles. The van der Waals surface area contributed by atoms with Gasteiger partial charge in [0.25, 0.3) is 0 Å². The van der Waals surface area contributed by atoms with Gasteiger partial charge in [-0.05, 0) is 50.6 Å². The Morgan fingerprint density at radius 1 is 1.25 bits per heavy atom. The Labute approximate surface area is 172 Å². The van der Waals surface area contributed by atoms with Gasteiger partial charge in [-0.2, -0.15) is 15.1 Å². The number of rotatable bonds is 3. The van der Waals surface area contributed by atoms with Crippen LogP contribution >= 0.6 is 23.2 Å². The van der Waals surface area contributed by atoms with Crippen molar-refractivity contribution in [1.29, 1.82) is 0 Å². The molecule has 152 valence electrons. The molecule has 2 saturated heterocycles. The molecule has 2 N–H and O–H groups in total. The summed E-state index contributed by atoms with van der Waals surface area (Å²) < 4.78 is 7.48. The molecule has 1 amide bonds. The molecule has 0 spiro atoms. The first-order valence-electron chi connectivity index (χ1n) is 9.43. The number of halogens is 2. The highest BCUT2D eigenvalue weighted by Gasteiger charge is 2.30. The highest BCUT2D eigenvalue weighted by Crippen LogP contribution is 2.34. The minimum atomic E-state index is -0.926.